The molecule has 0 radical (unpaired) electrons. The van der Waals surface area contributed by atoms with Crippen LogP contribution < -0.4 is 10.1 Å². The fourth-order valence-electron chi connectivity index (χ4n) is 2.10. The third kappa shape index (κ3) is 3.62. The molecule has 0 bridgehead atoms. The van der Waals surface area contributed by atoms with Gasteiger partial charge in [0.1, 0.15) is 5.75 Å². The zero-order valence-electron chi connectivity index (χ0n) is 12.1. The summed E-state index contributed by atoms with van der Waals surface area (Å²) in [7, 11) is 1.70. The van der Waals surface area contributed by atoms with Gasteiger partial charge in [0.05, 0.1) is 7.11 Å². The van der Waals surface area contributed by atoms with E-state index in [1.54, 1.807) is 7.11 Å². The molecular formula is C17H20BrNO. The smallest absolute Gasteiger partial charge is 0.119 e. The minimum Gasteiger partial charge on any atom is -0.497 e. The van der Waals surface area contributed by atoms with Crippen LogP contribution in [0.15, 0.2) is 46.9 Å². The van der Waals surface area contributed by atoms with Crippen LogP contribution in [-0.4, -0.2) is 13.2 Å². The fraction of sp³-hybridized carbons (Fsp3) is 0.294. The van der Waals surface area contributed by atoms with E-state index in [1.165, 1.54) is 16.7 Å². The Labute approximate surface area is 129 Å². The summed E-state index contributed by atoms with van der Waals surface area (Å²) in [6.07, 6.45) is 0. The van der Waals surface area contributed by atoms with Crippen LogP contribution in [0.2, 0.25) is 0 Å². The second-order valence-corrected chi connectivity index (χ2v) is 5.89. The lowest BCUT2D eigenvalue weighted by Gasteiger charge is -2.15. The van der Waals surface area contributed by atoms with Crippen LogP contribution in [0.25, 0.3) is 11.1 Å². The minimum absolute atomic E-state index is 0.452. The molecule has 20 heavy (non-hydrogen) atoms. The molecule has 2 aromatic rings. The molecule has 0 unspecified atom stereocenters. The first-order chi connectivity index (χ1) is 9.61. The largest absolute Gasteiger partial charge is 0.497 e. The Hall–Kier alpha value is -1.32. The maximum absolute atomic E-state index is 5.34. The lowest BCUT2D eigenvalue weighted by atomic mass is 9.99. The van der Waals surface area contributed by atoms with Crippen molar-refractivity contribution in [3.63, 3.8) is 0 Å². The summed E-state index contributed by atoms with van der Waals surface area (Å²) in [5, 5.41) is 3.47. The number of halogens is 1. The third-order valence-electron chi connectivity index (χ3n) is 3.18. The van der Waals surface area contributed by atoms with Gasteiger partial charge < -0.3 is 10.1 Å². The van der Waals surface area contributed by atoms with Crippen molar-refractivity contribution in [2.75, 3.05) is 7.11 Å². The van der Waals surface area contributed by atoms with Gasteiger partial charge in [0.15, 0.2) is 0 Å². The average molecular weight is 334 g/mol. The number of methoxy groups -OCH3 is 1. The highest BCUT2D eigenvalue weighted by atomic mass is 79.9. The molecule has 0 aliphatic carbocycles. The zero-order chi connectivity index (χ0) is 14.5. The topological polar surface area (TPSA) is 21.3 Å². The summed E-state index contributed by atoms with van der Waals surface area (Å²) in [5.41, 5.74) is 3.67. The Bertz CT molecular complexity index is 581. The van der Waals surface area contributed by atoms with E-state index < -0.39 is 0 Å². The maximum atomic E-state index is 5.34. The van der Waals surface area contributed by atoms with E-state index in [0.717, 1.165) is 16.8 Å². The minimum atomic E-state index is 0.452. The average Bonchev–Trinajstić information content (AvgIpc) is 2.45. The molecular weight excluding hydrogens is 314 g/mol. The van der Waals surface area contributed by atoms with Crippen molar-refractivity contribution in [1.82, 2.24) is 5.32 Å². The lowest BCUT2D eigenvalue weighted by Crippen LogP contribution is -2.22. The summed E-state index contributed by atoms with van der Waals surface area (Å²) >= 11 is 3.63. The second kappa shape index (κ2) is 6.91. The van der Waals surface area contributed by atoms with Crippen molar-refractivity contribution in [3.8, 4) is 16.9 Å². The van der Waals surface area contributed by atoms with Gasteiger partial charge in [0.25, 0.3) is 0 Å². The molecule has 0 aliphatic heterocycles. The maximum Gasteiger partial charge on any atom is 0.119 e. The normalized spacial score (nSPS) is 10.8. The highest BCUT2D eigenvalue weighted by molar-refractivity contribution is 9.10. The highest BCUT2D eigenvalue weighted by Gasteiger charge is 2.09. The molecule has 0 saturated carbocycles. The molecule has 2 rings (SSSR count). The molecule has 0 atom stereocenters. The van der Waals surface area contributed by atoms with Gasteiger partial charge in [0, 0.05) is 17.1 Å². The van der Waals surface area contributed by atoms with Crippen LogP contribution in [0, 0.1) is 0 Å². The van der Waals surface area contributed by atoms with E-state index in [4.69, 9.17) is 4.74 Å². The summed E-state index contributed by atoms with van der Waals surface area (Å²) < 4.78 is 6.45. The van der Waals surface area contributed by atoms with Gasteiger partial charge in [-0.25, -0.2) is 0 Å². The molecule has 1 N–H and O–H groups in total. The van der Waals surface area contributed by atoms with Crippen molar-refractivity contribution < 1.29 is 4.74 Å². The predicted molar refractivity (Wildman–Crippen MR) is 88.1 cm³/mol. The molecule has 0 aliphatic rings. The van der Waals surface area contributed by atoms with E-state index in [1.807, 2.05) is 12.1 Å². The van der Waals surface area contributed by atoms with Crippen molar-refractivity contribution in [2.45, 2.75) is 26.4 Å². The Morgan fingerprint density at radius 2 is 1.85 bits per heavy atom. The van der Waals surface area contributed by atoms with Gasteiger partial charge in [-0.05, 0) is 34.9 Å². The molecule has 0 heterocycles. The Kier molecular flexibility index (Phi) is 5.21. The first-order valence-electron chi connectivity index (χ1n) is 6.77. The zero-order valence-corrected chi connectivity index (χ0v) is 13.7. The van der Waals surface area contributed by atoms with Gasteiger partial charge in [0.2, 0.25) is 0 Å². The van der Waals surface area contributed by atoms with Crippen molar-refractivity contribution in [2.24, 2.45) is 0 Å². The number of hydrogen-bond acceptors (Lipinski definition) is 2. The fourth-order valence-corrected chi connectivity index (χ4v) is 2.60. The van der Waals surface area contributed by atoms with Crippen LogP contribution in [0.4, 0.5) is 0 Å². The molecule has 0 spiro atoms. The summed E-state index contributed by atoms with van der Waals surface area (Å²) in [5.74, 6) is 0.890. The van der Waals surface area contributed by atoms with E-state index in [0.29, 0.717) is 6.04 Å². The molecule has 106 valence electrons. The van der Waals surface area contributed by atoms with Gasteiger partial charge in [-0.1, -0.05) is 54.0 Å². The van der Waals surface area contributed by atoms with Crippen LogP contribution in [-0.2, 0) is 6.54 Å². The summed E-state index contributed by atoms with van der Waals surface area (Å²) in [4.78, 5) is 0. The lowest BCUT2D eigenvalue weighted by molar-refractivity contribution is 0.414. The summed E-state index contributed by atoms with van der Waals surface area (Å²) in [6, 6.07) is 15.0. The number of hydrogen-bond donors (Lipinski definition) is 1. The van der Waals surface area contributed by atoms with Crippen LogP contribution in [0.5, 0.6) is 5.75 Å². The monoisotopic (exact) mass is 333 g/mol. The van der Waals surface area contributed by atoms with Gasteiger partial charge >= 0.3 is 0 Å². The molecule has 0 amide bonds. The molecule has 0 saturated heterocycles. The molecule has 2 nitrogen and oxygen atoms in total. The van der Waals surface area contributed by atoms with Crippen LogP contribution >= 0.6 is 15.9 Å². The van der Waals surface area contributed by atoms with E-state index in [2.05, 4.69) is 65.4 Å². The Morgan fingerprint density at radius 1 is 1.10 bits per heavy atom. The number of rotatable bonds is 5. The van der Waals surface area contributed by atoms with E-state index in [-0.39, 0.29) is 0 Å². The quantitative estimate of drug-likeness (QED) is 0.861. The molecule has 2 aromatic carbocycles. The van der Waals surface area contributed by atoms with E-state index >= 15 is 0 Å². The number of nitrogens with one attached hydrogen (secondary N) is 1. The number of ether oxygens (including phenoxy) is 1. The molecule has 0 fully saturated rings. The van der Waals surface area contributed by atoms with Crippen LogP contribution in [0.3, 0.4) is 0 Å². The second-order valence-electron chi connectivity index (χ2n) is 5.04. The Balaban J connectivity index is 2.43. The summed E-state index contributed by atoms with van der Waals surface area (Å²) in [6.45, 7) is 5.13. The Morgan fingerprint density at radius 3 is 2.50 bits per heavy atom. The third-order valence-corrected chi connectivity index (χ3v) is 3.87. The van der Waals surface area contributed by atoms with Gasteiger partial charge in [-0.2, -0.15) is 0 Å². The number of benzene rings is 2. The van der Waals surface area contributed by atoms with E-state index in [9.17, 15) is 0 Å². The molecule has 3 heteroatoms. The van der Waals surface area contributed by atoms with Crippen molar-refractivity contribution >= 4 is 15.9 Å². The van der Waals surface area contributed by atoms with Gasteiger partial charge in [-0.15, -0.1) is 0 Å². The van der Waals surface area contributed by atoms with Crippen LogP contribution in [0.1, 0.15) is 19.4 Å². The predicted octanol–water partition coefficient (Wildman–Crippen LogP) is 4.62. The SMILES string of the molecule is COc1ccc(-c2ccccc2Br)c(CNC(C)C)c1. The standard InChI is InChI=1S/C17H20BrNO/c1-12(2)19-11-13-10-14(20-3)8-9-15(13)16-6-4-5-7-17(16)18/h4-10,12,19H,11H2,1-3H3. The first kappa shape index (κ1) is 15.1. The van der Waals surface area contributed by atoms with Gasteiger partial charge in [-0.3, -0.25) is 0 Å². The van der Waals surface area contributed by atoms with Crippen molar-refractivity contribution in [3.05, 3.63) is 52.5 Å². The van der Waals surface area contributed by atoms with Crippen molar-refractivity contribution in [1.29, 1.82) is 0 Å². The molecule has 0 aromatic heterocycles. The first-order valence-corrected chi connectivity index (χ1v) is 7.56. The highest BCUT2D eigenvalue weighted by Crippen LogP contribution is 2.32.